The third-order valence-electron chi connectivity index (χ3n) is 3.62. The fourth-order valence-corrected chi connectivity index (χ4v) is 2.70. The van der Waals surface area contributed by atoms with Crippen LogP contribution in [-0.4, -0.2) is 39.3 Å². The maximum Gasteiger partial charge on any atom is 0.315 e. The maximum absolute atomic E-state index is 11.9. The fraction of sp³-hybridized carbons (Fsp3) is 0.692. The summed E-state index contributed by atoms with van der Waals surface area (Å²) in [6, 6.07) is -0.352. The van der Waals surface area contributed by atoms with Crippen molar-refractivity contribution in [2.75, 3.05) is 6.54 Å². The molecule has 2 amide bonds. The average Bonchev–Trinajstić information content (AvgIpc) is 2.98. The van der Waals surface area contributed by atoms with Crippen LogP contribution in [0.1, 0.15) is 43.8 Å². The Balaban J connectivity index is 1.78. The molecule has 0 unspecified atom stereocenters. The van der Waals surface area contributed by atoms with E-state index in [1.54, 1.807) is 6.92 Å². The first kappa shape index (κ1) is 15.3. The molecule has 21 heavy (non-hydrogen) atoms. The molecule has 0 saturated heterocycles. The Morgan fingerprint density at radius 3 is 2.67 bits per heavy atom. The van der Waals surface area contributed by atoms with Crippen LogP contribution in [0, 0.1) is 6.92 Å². The van der Waals surface area contributed by atoms with E-state index in [-0.39, 0.29) is 12.5 Å². The van der Waals surface area contributed by atoms with Crippen molar-refractivity contribution in [3.63, 3.8) is 0 Å². The number of carbonyl (C=O) groups is 2. The van der Waals surface area contributed by atoms with Crippen LogP contribution in [0.5, 0.6) is 0 Å². The lowest BCUT2D eigenvalue weighted by molar-refractivity contribution is -0.138. The number of carboxylic acid groups (broad SMARTS) is 1. The summed E-state index contributed by atoms with van der Waals surface area (Å²) in [6.07, 6.45) is 3.69. The summed E-state index contributed by atoms with van der Waals surface area (Å²) < 4.78 is 4.94. The second kappa shape index (κ2) is 6.55. The molecule has 0 radical (unpaired) electrons. The molecule has 1 saturated carbocycles. The van der Waals surface area contributed by atoms with E-state index in [1.165, 1.54) is 0 Å². The van der Waals surface area contributed by atoms with Gasteiger partial charge in [0.05, 0.1) is 12.0 Å². The molecule has 0 aliphatic heterocycles. The van der Waals surface area contributed by atoms with Crippen LogP contribution in [-0.2, 0) is 11.2 Å². The molecular weight excluding hydrogens is 276 g/mol. The highest BCUT2D eigenvalue weighted by Crippen LogP contribution is 2.32. The van der Waals surface area contributed by atoms with E-state index in [0.717, 1.165) is 12.8 Å². The van der Waals surface area contributed by atoms with Crippen molar-refractivity contribution < 1.29 is 19.2 Å². The molecule has 3 N–H and O–H groups in total. The number of hydrogen-bond acceptors (Lipinski definition) is 5. The fourth-order valence-electron chi connectivity index (χ4n) is 2.70. The summed E-state index contributed by atoms with van der Waals surface area (Å²) in [5.41, 5.74) is -0.614. The number of rotatable bonds is 6. The normalized spacial score (nSPS) is 16.6. The molecule has 1 aliphatic carbocycles. The van der Waals surface area contributed by atoms with E-state index in [1.807, 2.05) is 0 Å². The van der Waals surface area contributed by atoms with Crippen LogP contribution in [0.15, 0.2) is 4.52 Å². The van der Waals surface area contributed by atoms with E-state index in [0.29, 0.717) is 37.5 Å². The molecule has 8 nitrogen and oxygen atoms in total. The highest BCUT2D eigenvalue weighted by molar-refractivity contribution is 5.76. The molecule has 1 aromatic rings. The largest absolute Gasteiger partial charge is 0.481 e. The molecule has 8 heteroatoms. The number of nitrogens with zero attached hydrogens (tertiary/aromatic N) is 2. The number of aryl methyl sites for hydroxylation is 1. The van der Waals surface area contributed by atoms with E-state index in [2.05, 4.69) is 20.8 Å². The van der Waals surface area contributed by atoms with Crippen LogP contribution in [0.4, 0.5) is 4.79 Å². The summed E-state index contributed by atoms with van der Waals surface area (Å²) in [6.45, 7) is 2.08. The van der Waals surface area contributed by atoms with Crippen molar-refractivity contribution in [3.8, 4) is 0 Å². The van der Waals surface area contributed by atoms with Gasteiger partial charge >= 0.3 is 12.0 Å². The Morgan fingerprint density at radius 1 is 1.38 bits per heavy atom. The van der Waals surface area contributed by atoms with Crippen LogP contribution in [0.2, 0.25) is 0 Å². The van der Waals surface area contributed by atoms with Gasteiger partial charge in [-0.25, -0.2) is 4.79 Å². The molecule has 0 atom stereocenters. The number of carbonyl (C=O) groups excluding carboxylic acids is 1. The highest BCUT2D eigenvalue weighted by atomic mass is 16.5. The lowest BCUT2D eigenvalue weighted by Crippen LogP contribution is -2.51. The van der Waals surface area contributed by atoms with Gasteiger partial charge in [-0.05, 0) is 19.8 Å². The van der Waals surface area contributed by atoms with E-state index < -0.39 is 11.5 Å². The maximum atomic E-state index is 11.9. The third kappa shape index (κ3) is 4.44. The van der Waals surface area contributed by atoms with Gasteiger partial charge in [0, 0.05) is 13.0 Å². The van der Waals surface area contributed by atoms with Gasteiger partial charge in [0.1, 0.15) is 0 Å². The number of urea groups is 1. The number of carboxylic acids is 1. The van der Waals surface area contributed by atoms with Crippen LogP contribution in [0.3, 0.4) is 0 Å². The van der Waals surface area contributed by atoms with Gasteiger partial charge < -0.3 is 20.3 Å². The van der Waals surface area contributed by atoms with Gasteiger partial charge in [0.25, 0.3) is 0 Å². The second-order valence-corrected chi connectivity index (χ2v) is 5.42. The standard InChI is InChI=1S/C13H20N4O4/c1-9-15-10(21-17-9)4-7-14-12(20)16-13(8-11(18)19)5-2-3-6-13/h2-8H2,1H3,(H,18,19)(H2,14,16,20). The zero-order chi connectivity index (χ0) is 15.3. The first-order chi connectivity index (χ1) is 9.99. The molecular formula is C13H20N4O4. The lowest BCUT2D eigenvalue weighted by atomic mass is 9.93. The summed E-state index contributed by atoms with van der Waals surface area (Å²) in [4.78, 5) is 26.9. The van der Waals surface area contributed by atoms with Gasteiger partial charge in [0.15, 0.2) is 5.82 Å². The zero-order valence-electron chi connectivity index (χ0n) is 12.0. The lowest BCUT2D eigenvalue weighted by Gasteiger charge is -2.28. The first-order valence-corrected chi connectivity index (χ1v) is 7.06. The topological polar surface area (TPSA) is 117 Å². The van der Waals surface area contributed by atoms with Crippen LogP contribution < -0.4 is 10.6 Å². The molecule has 1 aromatic heterocycles. The summed E-state index contributed by atoms with van der Waals surface area (Å²) >= 11 is 0. The molecule has 116 valence electrons. The zero-order valence-corrected chi connectivity index (χ0v) is 12.0. The molecule has 1 fully saturated rings. The minimum atomic E-state index is -0.890. The van der Waals surface area contributed by atoms with Crippen molar-refractivity contribution in [2.45, 2.75) is 51.0 Å². The average molecular weight is 296 g/mol. The van der Waals surface area contributed by atoms with E-state index in [9.17, 15) is 9.59 Å². The molecule has 1 aliphatic rings. The Hall–Kier alpha value is -2.12. The third-order valence-corrected chi connectivity index (χ3v) is 3.62. The first-order valence-electron chi connectivity index (χ1n) is 7.06. The van der Waals surface area contributed by atoms with Crippen molar-refractivity contribution in [1.29, 1.82) is 0 Å². The van der Waals surface area contributed by atoms with Crippen molar-refractivity contribution in [3.05, 3.63) is 11.7 Å². The van der Waals surface area contributed by atoms with Crippen molar-refractivity contribution in [1.82, 2.24) is 20.8 Å². The highest BCUT2D eigenvalue weighted by Gasteiger charge is 2.37. The Kier molecular flexibility index (Phi) is 4.77. The molecule has 0 bridgehead atoms. The van der Waals surface area contributed by atoms with E-state index in [4.69, 9.17) is 9.63 Å². The SMILES string of the molecule is Cc1noc(CCNC(=O)NC2(CC(=O)O)CCCC2)n1. The number of nitrogens with one attached hydrogen (secondary N) is 2. The van der Waals surface area contributed by atoms with Crippen LogP contribution >= 0.6 is 0 Å². The Labute approximate surface area is 122 Å². The summed E-state index contributed by atoms with van der Waals surface area (Å²) in [5, 5.41) is 18.2. The van der Waals surface area contributed by atoms with E-state index >= 15 is 0 Å². The van der Waals surface area contributed by atoms with Gasteiger partial charge in [-0.2, -0.15) is 4.98 Å². The molecule has 1 heterocycles. The minimum absolute atomic E-state index is 0.0384. The Bertz CT molecular complexity index is 508. The molecule has 0 aromatic carbocycles. The molecule has 2 rings (SSSR count). The van der Waals surface area contributed by atoms with Crippen LogP contribution in [0.25, 0.3) is 0 Å². The van der Waals surface area contributed by atoms with Gasteiger partial charge in [-0.1, -0.05) is 18.0 Å². The quantitative estimate of drug-likeness (QED) is 0.721. The van der Waals surface area contributed by atoms with Crippen molar-refractivity contribution in [2.24, 2.45) is 0 Å². The number of aromatic nitrogens is 2. The minimum Gasteiger partial charge on any atom is -0.481 e. The number of hydrogen-bond donors (Lipinski definition) is 3. The van der Waals surface area contributed by atoms with Crippen molar-refractivity contribution >= 4 is 12.0 Å². The van der Waals surface area contributed by atoms with Gasteiger partial charge in [-0.15, -0.1) is 0 Å². The smallest absolute Gasteiger partial charge is 0.315 e. The predicted molar refractivity (Wildman–Crippen MR) is 72.7 cm³/mol. The predicted octanol–water partition coefficient (Wildman–Crippen LogP) is 1.01. The Morgan fingerprint density at radius 2 is 2.10 bits per heavy atom. The number of aliphatic carboxylic acids is 1. The molecule has 0 spiro atoms. The number of amides is 2. The van der Waals surface area contributed by atoms with Gasteiger partial charge in [-0.3, -0.25) is 4.79 Å². The monoisotopic (exact) mass is 296 g/mol. The second-order valence-electron chi connectivity index (χ2n) is 5.42. The summed E-state index contributed by atoms with van der Waals surface area (Å²) in [7, 11) is 0. The van der Waals surface area contributed by atoms with Gasteiger partial charge in [0.2, 0.25) is 5.89 Å². The summed E-state index contributed by atoms with van der Waals surface area (Å²) in [5.74, 6) is 0.133.